The molecule has 0 aliphatic carbocycles. The number of ether oxygens (including phenoxy) is 3. The van der Waals surface area contributed by atoms with Crippen LogP contribution < -0.4 is 4.74 Å². The van der Waals surface area contributed by atoms with Crippen LogP contribution in [-0.2, 0) is 28.1 Å². The molecule has 0 radical (unpaired) electrons. The van der Waals surface area contributed by atoms with Gasteiger partial charge in [0.05, 0.1) is 18.3 Å². The van der Waals surface area contributed by atoms with Crippen molar-refractivity contribution in [2.75, 3.05) is 20.3 Å². The highest BCUT2D eigenvalue weighted by molar-refractivity contribution is 5.97. The van der Waals surface area contributed by atoms with E-state index < -0.39 is 5.60 Å². The smallest absolute Gasteiger partial charge is 0.337 e. The quantitative estimate of drug-likeness (QED) is 0.338. The molecule has 0 unspecified atom stereocenters. The molecule has 5 nitrogen and oxygen atoms in total. The summed E-state index contributed by atoms with van der Waals surface area (Å²) in [5.74, 6) is 0.399. The van der Waals surface area contributed by atoms with Crippen LogP contribution in [0.4, 0.5) is 0 Å². The topological polar surface area (TPSA) is 65.0 Å². The van der Waals surface area contributed by atoms with Gasteiger partial charge in [-0.25, -0.2) is 4.79 Å². The van der Waals surface area contributed by atoms with Crippen molar-refractivity contribution in [1.82, 2.24) is 0 Å². The first-order chi connectivity index (χ1) is 17.5. The minimum atomic E-state index is -0.846. The number of hydrogen-bond acceptors (Lipinski definition) is 5. The van der Waals surface area contributed by atoms with Crippen molar-refractivity contribution >= 4 is 16.7 Å². The third-order valence-electron chi connectivity index (χ3n) is 6.86. The Balaban J connectivity index is 1.41. The van der Waals surface area contributed by atoms with E-state index in [-0.39, 0.29) is 5.97 Å². The molecule has 0 saturated carbocycles. The van der Waals surface area contributed by atoms with Crippen molar-refractivity contribution in [3.63, 3.8) is 0 Å². The van der Waals surface area contributed by atoms with Crippen LogP contribution in [0.3, 0.4) is 0 Å². The van der Waals surface area contributed by atoms with Crippen molar-refractivity contribution in [3.8, 4) is 5.75 Å². The molecule has 5 heteroatoms. The Hall–Kier alpha value is -3.67. The van der Waals surface area contributed by atoms with Gasteiger partial charge in [-0.2, -0.15) is 0 Å². The summed E-state index contributed by atoms with van der Waals surface area (Å²) in [6.45, 7) is 1.52. The van der Waals surface area contributed by atoms with E-state index in [0.717, 1.165) is 38.8 Å². The summed E-state index contributed by atoms with van der Waals surface area (Å²) in [6, 6.07) is 27.9. The fourth-order valence-corrected chi connectivity index (χ4v) is 4.82. The van der Waals surface area contributed by atoms with E-state index in [1.54, 1.807) is 0 Å². The summed E-state index contributed by atoms with van der Waals surface area (Å²) in [5, 5.41) is 13.0. The lowest BCUT2D eigenvalue weighted by atomic mass is 9.86. The Morgan fingerprint density at radius 2 is 1.69 bits per heavy atom. The monoisotopic (exact) mass is 482 g/mol. The van der Waals surface area contributed by atoms with Crippen LogP contribution >= 0.6 is 0 Å². The molecule has 184 valence electrons. The van der Waals surface area contributed by atoms with E-state index >= 15 is 0 Å². The molecule has 1 N–H and O–H groups in total. The van der Waals surface area contributed by atoms with Gasteiger partial charge in [0.1, 0.15) is 12.4 Å². The normalized spacial score (nSPS) is 14.9. The number of fused-ring (bicyclic) bond motifs is 1. The van der Waals surface area contributed by atoms with Crippen LogP contribution in [0.2, 0.25) is 0 Å². The average Bonchev–Trinajstić information content (AvgIpc) is 2.92. The molecule has 1 heterocycles. The molecule has 36 heavy (non-hydrogen) atoms. The first-order valence-corrected chi connectivity index (χ1v) is 12.3. The van der Waals surface area contributed by atoms with Crippen LogP contribution in [0.1, 0.15) is 45.5 Å². The molecule has 1 saturated heterocycles. The van der Waals surface area contributed by atoms with E-state index in [0.29, 0.717) is 44.6 Å². The minimum absolute atomic E-state index is 0.349. The fraction of sp³-hybridized carbons (Fsp3) is 0.258. The zero-order valence-electron chi connectivity index (χ0n) is 20.4. The van der Waals surface area contributed by atoms with Crippen molar-refractivity contribution < 1.29 is 24.1 Å². The van der Waals surface area contributed by atoms with Gasteiger partial charge in [0.15, 0.2) is 0 Å². The summed E-state index contributed by atoms with van der Waals surface area (Å²) in [7, 11) is 1.40. The van der Waals surface area contributed by atoms with Crippen LogP contribution in [0.5, 0.6) is 5.75 Å². The van der Waals surface area contributed by atoms with Crippen molar-refractivity contribution in [3.05, 3.63) is 113 Å². The number of carbonyl (C=O) groups excluding carboxylic acids is 1. The van der Waals surface area contributed by atoms with Gasteiger partial charge in [-0.15, -0.1) is 0 Å². The standard InChI is InChI=1S/C31H30O5/c1-34-30(32)26-18-24-10-11-28(20-29(24)25(19-26)16-22-6-3-2-4-7-22)36-21-23-8-5-9-27(17-23)31(33)12-14-35-15-13-31/h2-11,17-20,33H,12-16,21H2,1H3. The van der Waals surface area contributed by atoms with Crippen LogP contribution in [-0.4, -0.2) is 31.4 Å². The lowest BCUT2D eigenvalue weighted by Crippen LogP contribution is -2.33. The van der Waals surface area contributed by atoms with Crippen LogP contribution in [0.25, 0.3) is 10.8 Å². The summed E-state index contributed by atoms with van der Waals surface area (Å²) in [6.07, 6.45) is 1.88. The average molecular weight is 483 g/mol. The van der Waals surface area contributed by atoms with E-state index in [1.807, 2.05) is 72.8 Å². The number of esters is 1. The van der Waals surface area contributed by atoms with Crippen molar-refractivity contribution in [2.24, 2.45) is 0 Å². The van der Waals surface area contributed by atoms with Gasteiger partial charge in [0.2, 0.25) is 0 Å². The Bertz CT molecular complexity index is 1360. The van der Waals surface area contributed by atoms with Crippen molar-refractivity contribution in [1.29, 1.82) is 0 Å². The lowest BCUT2D eigenvalue weighted by Gasteiger charge is -2.32. The molecule has 1 aliphatic rings. The maximum Gasteiger partial charge on any atom is 0.337 e. The molecular formula is C31H30O5. The zero-order chi connectivity index (χ0) is 25.0. The molecule has 4 aromatic rings. The van der Waals surface area contributed by atoms with E-state index in [1.165, 1.54) is 7.11 Å². The number of benzene rings is 4. The second-order valence-corrected chi connectivity index (χ2v) is 9.31. The largest absolute Gasteiger partial charge is 0.489 e. The van der Waals surface area contributed by atoms with Gasteiger partial charge in [-0.3, -0.25) is 0 Å². The van der Waals surface area contributed by atoms with Gasteiger partial charge >= 0.3 is 5.97 Å². The molecule has 0 spiro atoms. The highest BCUT2D eigenvalue weighted by atomic mass is 16.5. The molecule has 1 aliphatic heterocycles. The summed E-state index contributed by atoms with van der Waals surface area (Å²) < 4.78 is 16.6. The Kier molecular flexibility index (Phi) is 7.03. The number of carbonyl (C=O) groups is 1. The summed E-state index contributed by atoms with van der Waals surface area (Å²) in [4.78, 5) is 12.3. The number of rotatable bonds is 7. The number of hydrogen-bond donors (Lipinski definition) is 1. The SMILES string of the molecule is COC(=O)c1cc(Cc2ccccc2)c2cc(OCc3cccc(C4(O)CCOCC4)c3)ccc2c1. The third kappa shape index (κ3) is 5.27. The maximum absolute atomic E-state index is 12.3. The highest BCUT2D eigenvalue weighted by Gasteiger charge is 2.31. The van der Waals surface area contributed by atoms with Gasteiger partial charge < -0.3 is 19.3 Å². The molecule has 0 amide bonds. The van der Waals surface area contributed by atoms with E-state index in [4.69, 9.17) is 14.2 Å². The molecule has 0 atom stereocenters. The Labute approximate surface area is 211 Å². The van der Waals surface area contributed by atoms with Crippen molar-refractivity contribution in [2.45, 2.75) is 31.5 Å². The van der Waals surface area contributed by atoms with Gasteiger partial charge in [-0.05, 0) is 69.8 Å². The molecule has 0 aromatic heterocycles. The van der Waals surface area contributed by atoms with Gasteiger partial charge in [0.25, 0.3) is 0 Å². The lowest BCUT2D eigenvalue weighted by molar-refractivity contribution is -0.0679. The number of aliphatic hydroxyl groups is 1. The molecule has 4 aromatic carbocycles. The van der Waals surface area contributed by atoms with Crippen LogP contribution in [0.15, 0.2) is 84.9 Å². The van der Waals surface area contributed by atoms with Gasteiger partial charge in [-0.1, -0.05) is 54.6 Å². The minimum Gasteiger partial charge on any atom is -0.489 e. The second-order valence-electron chi connectivity index (χ2n) is 9.31. The Morgan fingerprint density at radius 3 is 2.47 bits per heavy atom. The van der Waals surface area contributed by atoms with Gasteiger partial charge in [0, 0.05) is 26.1 Å². The zero-order valence-corrected chi connectivity index (χ0v) is 20.4. The third-order valence-corrected chi connectivity index (χ3v) is 6.86. The van der Waals surface area contributed by atoms with Crippen LogP contribution in [0, 0.1) is 0 Å². The van der Waals surface area contributed by atoms with E-state index in [9.17, 15) is 9.90 Å². The first-order valence-electron chi connectivity index (χ1n) is 12.3. The molecule has 0 bridgehead atoms. The highest BCUT2D eigenvalue weighted by Crippen LogP contribution is 2.33. The predicted octanol–water partition coefficient (Wildman–Crippen LogP) is 5.79. The molecule has 5 rings (SSSR count). The molecular weight excluding hydrogens is 452 g/mol. The Morgan fingerprint density at radius 1 is 0.917 bits per heavy atom. The first kappa shape index (κ1) is 24.0. The summed E-state index contributed by atoms with van der Waals surface area (Å²) >= 11 is 0. The fourth-order valence-electron chi connectivity index (χ4n) is 4.82. The molecule has 1 fully saturated rings. The summed E-state index contributed by atoms with van der Waals surface area (Å²) in [5.41, 5.74) is 3.79. The predicted molar refractivity (Wildman–Crippen MR) is 139 cm³/mol. The van der Waals surface area contributed by atoms with E-state index in [2.05, 4.69) is 12.1 Å². The number of methoxy groups -OCH3 is 1. The second kappa shape index (κ2) is 10.5. The maximum atomic E-state index is 12.3.